The van der Waals surface area contributed by atoms with Crippen molar-refractivity contribution in [2.24, 2.45) is 0 Å². The lowest BCUT2D eigenvalue weighted by Gasteiger charge is -2.34. The van der Waals surface area contributed by atoms with Crippen LogP contribution in [0.2, 0.25) is 0 Å². The van der Waals surface area contributed by atoms with E-state index >= 15 is 0 Å². The fourth-order valence-electron chi connectivity index (χ4n) is 3.03. The van der Waals surface area contributed by atoms with Gasteiger partial charge in [-0.25, -0.2) is 9.97 Å². The largest absolute Gasteiger partial charge is 0.355 e. The summed E-state index contributed by atoms with van der Waals surface area (Å²) in [5.41, 5.74) is 1.04. The van der Waals surface area contributed by atoms with Crippen LogP contribution in [0.5, 0.6) is 0 Å². The predicted molar refractivity (Wildman–Crippen MR) is 87.0 cm³/mol. The summed E-state index contributed by atoms with van der Waals surface area (Å²) in [7, 11) is 0. The first-order valence-electron chi connectivity index (χ1n) is 7.99. The average Bonchev–Trinajstić information content (AvgIpc) is 3.00. The van der Waals surface area contributed by atoms with E-state index < -0.39 is 0 Å². The van der Waals surface area contributed by atoms with Gasteiger partial charge in [-0.15, -0.1) is 0 Å². The highest BCUT2D eigenvalue weighted by molar-refractivity contribution is 5.40. The molecule has 2 aromatic rings. The van der Waals surface area contributed by atoms with E-state index in [9.17, 15) is 0 Å². The van der Waals surface area contributed by atoms with Crippen LogP contribution in [0.1, 0.15) is 24.4 Å². The molecule has 118 valence electrons. The Balaban J connectivity index is 1.54. The monoisotopic (exact) mass is 300 g/mol. The highest BCUT2D eigenvalue weighted by Crippen LogP contribution is 2.18. The lowest BCUT2D eigenvalue weighted by Crippen LogP contribution is -2.46. The van der Waals surface area contributed by atoms with Gasteiger partial charge in [0.15, 0.2) is 0 Å². The lowest BCUT2D eigenvalue weighted by molar-refractivity contribution is 0.406. The summed E-state index contributed by atoms with van der Waals surface area (Å²) in [6.07, 6.45) is 6.24. The second kappa shape index (κ2) is 6.87. The molecule has 6 heteroatoms. The van der Waals surface area contributed by atoms with E-state index in [1.165, 1.54) is 12.8 Å². The van der Waals surface area contributed by atoms with Gasteiger partial charge < -0.3 is 10.2 Å². The number of hydrogen-bond acceptors (Lipinski definition) is 5. The zero-order valence-corrected chi connectivity index (χ0v) is 13.4. The van der Waals surface area contributed by atoms with Gasteiger partial charge in [-0.2, -0.15) is 5.10 Å². The number of nitrogens with one attached hydrogen (secondary N) is 1. The molecule has 0 amide bonds. The first kappa shape index (κ1) is 15.0. The van der Waals surface area contributed by atoms with Gasteiger partial charge in [0, 0.05) is 49.8 Å². The Morgan fingerprint density at radius 2 is 2.23 bits per heavy atom. The molecule has 1 aliphatic heterocycles. The molecule has 2 aromatic heterocycles. The first-order chi connectivity index (χ1) is 10.7. The number of hydrogen-bond donors (Lipinski definition) is 1. The van der Waals surface area contributed by atoms with E-state index in [0.29, 0.717) is 6.04 Å². The fraction of sp³-hybridized carbons (Fsp3) is 0.562. The van der Waals surface area contributed by atoms with Crippen molar-refractivity contribution in [3.8, 4) is 0 Å². The lowest BCUT2D eigenvalue weighted by atomic mass is 10.1. The summed E-state index contributed by atoms with van der Waals surface area (Å²) < 4.78 is 1.96. The van der Waals surface area contributed by atoms with Gasteiger partial charge >= 0.3 is 0 Å². The van der Waals surface area contributed by atoms with Crippen LogP contribution in [0.3, 0.4) is 0 Å². The number of aromatic nitrogens is 4. The molecule has 1 fully saturated rings. The van der Waals surface area contributed by atoms with Crippen LogP contribution in [0.4, 0.5) is 5.82 Å². The smallest absolute Gasteiger partial charge is 0.132 e. The van der Waals surface area contributed by atoms with Crippen molar-refractivity contribution in [1.29, 1.82) is 0 Å². The molecule has 0 saturated carbocycles. The maximum atomic E-state index is 4.59. The van der Waals surface area contributed by atoms with Crippen LogP contribution in [0.25, 0.3) is 0 Å². The highest BCUT2D eigenvalue weighted by atomic mass is 15.3. The Kier molecular flexibility index (Phi) is 4.68. The van der Waals surface area contributed by atoms with E-state index in [1.54, 1.807) is 0 Å². The van der Waals surface area contributed by atoms with Crippen LogP contribution >= 0.6 is 0 Å². The van der Waals surface area contributed by atoms with E-state index in [4.69, 9.17) is 0 Å². The summed E-state index contributed by atoms with van der Waals surface area (Å²) in [5, 5.41) is 7.87. The summed E-state index contributed by atoms with van der Waals surface area (Å²) in [6, 6.07) is 4.56. The second-order valence-electron chi connectivity index (χ2n) is 5.92. The minimum Gasteiger partial charge on any atom is -0.355 e. The van der Waals surface area contributed by atoms with Gasteiger partial charge in [0.25, 0.3) is 0 Å². The van der Waals surface area contributed by atoms with Gasteiger partial charge in [0.05, 0.1) is 6.54 Å². The van der Waals surface area contributed by atoms with Crippen LogP contribution in [0.15, 0.2) is 24.5 Å². The average molecular weight is 300 g/mol. The minimum atomic E-state index is 0.514. The second-order valence-corrected chi connectivity index (χ2v) is 5.92. The third-order valence-electron chi connectivity index (χ3n) is 4.03. The molecule has 0 radical (unpaired) electrons. The van der Waals surface area contributed by atoms with E-state index in [2.05, 4.69) is 31.3 Å². The van der Waals surface area contributed by atoms with Crippen molar-refractivity contribution in [3.05, 3.63) is 36.0 Å². The van der Waals surface area contributed by atoms with Gasteiger partial charge in [0.1, 0.15) is 11.6 Å². The number of nitrogens with zero attached hydrogens (tertiary/aromatic N) is 5. The molecule has 1 N–H and O–H groups in total. The number of rotatable bonds is 5. The van der Waals surface area contributed by atoms with Crippen molar-refractivity contribution in [1.82, 2.24) is 25.1 Å². The molecule has 0 aliphatic carbocycles. The third-order valence-corrected chi connectivity index (χ3v) is 4.03. The fourth-order valence-corrected chi connectivity index (χ4v) is 3.03. The Hall–Kier alpha value is -1.95. The topological polar surface area (TPSA) is 58.9 Å². The van der Waals surface area contributed by atoms with Crippen molar-refractivity contribution >= 4 is 5.82 Å². The van der Waals surface area contributed by atoms with Gasteiger partial charge in [-0.05, 0) is 32.8 Å². The summed E-state index contributed by atoms with van der Waals surface area (Å²) in [6.45, 7) is 7.93. The Labute approximate surface area is 131 Å². The molecule has 22 heavy (non-hydrogen) atoms. The van der Waals surface area contributed by atoms with Crippen LogP contribution < -0.4 is 10.2 Å². The SMILES string of the molecule is Cc1cc(N2CCC[C@@H](NCCn3cccn3)C2)nc(C)n1. The molecule has 0 unspecified atom stereocenters. The quantitative estimate of drug-likeness (QED) is 0.908. The zero-order chi connectivity index (χ0) is 15.4. The molecular weight excluding hydrogens is 276 g/mol. The molecule has 1 atom stereocenters. The molecule has 3 rings (SSSR count). The van der Waals surface area contributed by atoms with Crippen molar-refractivity contribution < 1.29 is 0 Å². The van der Waals surface area contributed by atoms with Gasteiger partial charge in [0.2, 0.25) is 0 Å². The van der Waals surface area contributed by atoms with E-state index in [-0.39, 0.29) is 0 Å². The Morgan fingerprint density at radius 3 is 3.00 bits per heavy atom. The van der Waals surface area contributed by atoms with Crippen LogP contribution in [-0.2, 0) is 6.54 Å². The third kappa shape index (κ3) is 3.82. The maximum absolute atomic E-state index is 4.59. The summed E-state index contributed by atoms with van der Waals surface area (Å²) >= 11 is 0. The van der Waals surface area contributed by atoms with E-state index in [1.807, 2.05) is 37.0 Å². The minimum absolute atomic E-state index is 0.514. The summed E-state index contributed by atoms with van der Waals surface area (Å²) in [4.78, 5) is 11.3. The maximum Gasteiger partial charge on any atom is 0.132 e. The highest BCUT2D eigenvalue weighted by Gasteiger charge is 2.20. The summed E-state index contributed by atoms with van der Waals surface area (Å²) in [5.74, 6) is 1.91. The number of anilines is 1. The number of aryl methyl sites for hydroxylation is 2. The standard InChI is InChI=1S/C16H24N6/c1-13-11-16(20-14(2)19-13)21-8-3-5-15(12-21)17-7-10-22-9-4-6-18-22/h4,6,9,11,15,17H,3,5,7-8,10,12H2,1-2H3/t15-/m1/s1. The van der Waals surface area contributed by atoms with Crippen molar-refractivity contribution in [2.45, 2.75) is 39.3 Å². The molecular formula is C16H24N6. The molecule has 1 saturated heterocycles. The predicted octanol–water partition coefficient (Wildman–Crippen LogP) is 1.55. The molecule has 1 aliphatic rings. The first-order valence-corrected chi connectivity index (χ1v) is 7.99. The van der Waals surface area contributed by atoms with Crippen molar-refractivity contribution in [3.63, 3.8) is 0 Å². The number of piperidine rings is 1. The van der Waals surface area contributed by atoms with Crippen LogP contribution in [0, 0.1) is 13.8 Å². The van der Waals surface area contributed by atoms with Gasteiger partial charge in [-0.3, -0.25) is 4.68 Å². The molecule has 0 bridgehead atoms. The molecule has 6 nitrogen and oxygen atoms in total. The Morgan fingerprint density at radius 1 is 1.32 bits per heavy atom. The normalized spacial score (nSPS) is 18.6. The molecule has 0 spiro atoms. The molecule has 0 aromatic carbocycles. The zero-order valence-electron chi connectivity index (χ0n) is 13.4. The van der Waals surface area contributed by atoms with Crippen LogP contribution in [-0.4, -0.2) is 45.4 Å². The van der Waals surface area contributed by atoms with Gasteiger partial charge in [-0.1, -0.05) is 0 Å². The molecule has 3 heterocycles. The van der Waals surface area contributed by atoms with E-state index in [0.717, 1.165) is 43.5 Å². The van der Waals surface area contributed by atoms with Crippen molar-refractivity contribution in [2.75, 3.05) is 24.5 Å². The Bertz CT molecular complexity index is 574.